The Bertz CT molecular complexity index is 733. The standard InChI is InChI=1S/C16H17N3S/c1-11-4-3-5-13(8-11)6-7-17-16-15-14(18-10-19-16)12(2)9-20-15/h3-5,8-10H,6-7H2,1-2H3,(H,17,18,19). The molecule has 0 amide bonds. The minimum absolute atomic E-state index is 0.881. The van der Waals surface area contributed by atoms with Gasteiger partial charge in [-0.05, 0) is 36.8 Å². The van der Waals surface area contributed by atoms with Gasteiger partial charge in [0.2, 0.25) is 0 Å². The first-order chi connectivity index (χ1) is 9.74. The van der Waals surface area contributed by atoms with Crippen LogP contribution < -0.4 is 5.32 Å². The van der Waals surface area contributed by atoms with Gasteiger partial charge in [-0.3, -0.25) is 0 Å². The zero-order chi connectivity index (χ0) is 13.9. The quantitative estimate of drug-likeness (QED) is 0.787. The summed E-state index contributed by atoms with van der Waals surface area (Å²) in [6.07, 6.45) is 2.63. The van der Waals surface area contributed by atoms with Crippen LogP contribution in [0.5, 0.6) is 0 Å². The number of nitrogens with zero attached hydrogens (tertiary/aromatic N) is 2. The van der Waals surface area contributed by atoms with Crippen molar-refractivity contribution in [2.75, 3.05) is 11.9 Å². The fraction of sp³-hybridized carbons (Fsp3) is 0.250. The summed E-state index contributed by atoms with van der Waals surface area (Å²) in [5.41, 5.74) is 4.93. The monoisotopic (exact) mass is 283 g/mol. The van der Waals surface area contributed by atoms with Crippen LogP contribution in [0.4, 0.5) is 5.82 Å². The minimum Gasteiger partial charge on any atom is -0.368 e. The predicted molar refractivity (Wildman–Crippen MR) is 85.5 cm³/mol. The van der Waals surface area contributed by atoms with E-state index in [0.717, 1.165) is 29.0 Å². The Labute approximate surface area is 122 Å². The number of rotatable bonds is 4. The van der Waals surface area contributed by atoms with Crippen LogP contribution in [0.15, 0.2) is 36.0 Å². The lowest BCUT2D eigenvalue weighted by Crippen LogP contribution is -2.06. The van der Waals surface area contributed by atoms with E-state index < -0.39 is 0 Å². The fourth-order valence-corrected chi connectivity index (χ4v) is 3.26. The second kappa shape index (κ2) is 5.59. The molecule has 1 N–H and O–H groups in total. The molecule has 0 fully saturated rings. The van der Waals surface area contributed by atoms with E-state index in [9.17, 15) is 0 Å². The SMILES string of the molecule is Cc1cccc(CCNc2ncnc3c(C)csc23)c1. The van der Waals surface area contributed by atoms with Crippen molar-refractivity contribution in [3.05, 3.63) is 52.7 Å². The summed E-state index contributed by atoms with van der Waals surface area (Å²) < 4.78 is 1.15. The molecule has 3 aromatic rings. The number of aromatic nitrogens is 2. The average molecular weight is 283 g/mol. The van der Waals surface area contributed by atoms with Gasteiger partial charge < -0.3 is 5.32 Å². The van der Waals surface area contributed by atoms with E-state index in [4.69, 9.17) is 0 Å². The third kappa shape index (κ3) is 2.65. The van der Waals surface area contributed by atoms with Crippen LogP contribution in [0.25, 0.3) is 10.2 Å². The maximum absolute atomic E-state index is 4.36. The number of benzene rings is 1. The highest BCUT2D eigenvalue weighted by atomic mass is 32.1. The smallest absolute Gasteiger partial charge is 0.147 e. The highest BCUT2D eigenvalue weighted by Crippen LogP contribution is 2.28. The summed E-state index contributed by atoms with van der Waals surface area (Å²) in [6.45, 7) is 5.09. The zero-order valence-corrected chi connectivity index (χ0v) is 12.5. The van der Waals surface area contributed by atoms with Gasteiger partial charge in [0.05, 0.1) is 10.2 Å². The first-order valence-electron chi connectivity index (χ1n) is 6.72. The molecule has 0 saturated carbocycles. The van der Waals surface area contributed by atoms with E-state index >= 15 is 0 Å². The number of hydrogen-bond donors (Lipinski definition) is 1. The summed E-state index contributed by atoms with van der Waals surface area (Å²) in [5, 5.41) is 5.56. The molecule has 0 aliphatic heterocycles. The van der Waals surface area contributed by atoms with Crippen molar-refractivity contribution in [2.24, 2.45) is 0 Å². The van der Waals surface area contributed by atoms with Gasteiger partial charge in [-0.1, -0.05) is 29.8 Å². The molecule has 4 heteroatoms. The molecule has 0 aliphatic rings. The number of hydrogen-bond acceptors (Lipinski definition) is 4. The minimum atomic E-state index is 0.881. The highest BCUT2D eigenvalue weighted by Gasteiger charge is 2.07. The van der Waals surface area contributed by atoms with E-state index in [-0.39, 0.29) is 0 Å². The van der Waals surface area contributed by atoms with Gasteiger partial charge in [-0.15, -0.1) is 11.3 Å². The number of nitrogens with one attached hydrogen (secondary N) is 1. The van der Waals surface area contributed by atoms with Crippen LogP contribution in [-0.4, -0.2) is 16.5 Å². The number of fused-ring (bicyclic) bond motifs is 1. The molecule has 0 radical (unpaired) electrons. The van der Waals surface area contributed by atoms with Crippen LogP contribution in [0.2, 0.25) is 0 Å². The van der Waals surface area contributed by atoms with Crippen molar-refractivity contribution < 1.29 is 0 Å². The molecule has 3 nitrogen and oxygen atoms in total. The van der Waals surface area contributed by atoms with Crippen molar-refractivity contribution in [3.8, 4) is 0 Å². The fourth-order valence-electron chi connectivity index (χ4n) is 2.29. The van der Waals surface area contributed by atoms with E-state index in [1.165, 1.54) is 16.7 Å². The van der Waals surface area contributed by atoms with Gasteiger partial charge in [-0.2, -0.15) is 0 Å². The Kier molecular flexibility index (Phi) is 3.65. The molecule has 2 aromatic heterocycles. The van der Waals surface area contributed by atoms with Crippen LogP contribution in [0.1, 0.15) is 16.7 Å². The van der Waals surface area contributed by atoms with Gasteiger partial charge in [0.15, 0.2) is 0 Å². The van der Waals surface area contributed by atoms with Gasteiger partial charge in [0.25, 0.3) is 0 Å². The topological polar surface area (TPSA) is 37.8 Å². The number of anilines is 1. The summed E-state index contributed by atoms with van der Waals surface area (Å²) in [7, 11) is 0. The van der Waals surface area contributed by atoms with Gasteiger partial charge >= 0.3 is 0 Å². The highest BCUT2D eigenvalue weighted by molar-refractivity contribution is 7.18. The maximum Gasteiger partial charge on any atom is 0.147 e. The Morgan fingerprint density at radius 2 is 2.10 bits per heavy atom. The Hall–Kier alpha value is -1.94. The van der Waals surface area contributed by atoms with Crippen LogP contribution >= 0.6 is 11.3 Å². The molecule has 0 saturated heterocycles. The molecule has 102 valence electrons. The second-order valence-corrected chi connectivity index (χ2v) is 5.86. The van der Waals surface area contributed by atoms with E-state index in [2.05, 4.69) is 58.8 Å². The number of aryl methyl sites for hydroxylation is 2. The molecular weight excluding hydrogens is 266 g/mol. The molecule has 20 heavy (non-hydrogen) atoms. The van der Waals surface area contributed by atoms with Crippen molar-refractivity contribution in [1.29, 1.82) is 0 Å². The molecule has 0 bridgehead atoms. The zero-order valence-electron chi connectivity index (χ0n) is 11.7. The Morgan fingerprint density at radius 3 is 2.95 bits per heavy atom. The first-order valence-corrected chi connectivity index (χ1v) is 7.60. The average Bonchev–Trinajstić information content (AvgIpc) is 2.82. The molecule has 1 aromatic carbocycles. The molecule has 0 spiro atoms. The van der Waals surface area contributed by atoms with Crippen molar-refractivity contribution in [3.63, 3.8) is 0 Å². The third-order valence-electron chi connectivity index (χ3n) is 3.32. The largest absolute Gasteiger partial charge is 0.368 e. The molecule has 2 heterocycles. The van der Waals surface area contributed by atoms with Crippen LogP contribution in [0, 0.1) is 13.8 Å². The molecule has 0 aliphatic carbocycles. The molecule has 0 unspecified atom stereocenters. The van der Waals surface area contributed by atoms with Gasteiger partial charge in [0, 0.05) is 6.54 Å². The van der Waals surface area contributed by atoms with Crippen molar-refractivity contribution in [2.45, 2.75) is 20.3 Å². The van der Waals surface area contributed by atoms with Gasteiger partial charge in [-0.25, -0.2) is 9.97 Å². The predicted octanol–water partition coefficient (Wildman–Crippen LogP) is 3.96. The van der Waals surface area contributed by atoms with E-state index in [0.29, 0.717) is 0 Å². The molecule has 0 atom stereocenters. The van der Waals surface area contributed by atoms with Crippen molar-refractivity contribution in [1.82, 2.24) is 9.97 Å². The lowest BCUT2D eigenvalue weighted by atomic mass is 10.1. The molecule has 3 rings (SSSR count). The number of thiophene rings is 1. The van der Waals surface area contributed by atoms with Crippen LogP contribution in [0.3, 0.4) is 0 Å². The summed E-state index contributed by atoms with van der Waals surface area (Å²) in [5.74, 6) is 0.945. The van der Waals surface area contributed by atoms with E-state index in [1.807, 2.05) is 0 Å². The Morgan fingerprint density at radius 1 is 1.20 bits per heavy atom. The lowest BCUT2D eigenvalue weighted by molar-refractivity contribution is 1.00. The third-order valence-corrected chi connectivity index (χ3v) is 4.41. The summed E-state index contributed by atoms with van der Waals surface area (Å²) in [6, 6.07) is 8.63. The van der Waals surface area contributed by atoms with Crippen LogP contribution in [-0.2, 0) is 6.42 Å². The first kappa shape index (κ1) is 13.1. The van der Waals surface area contributed by atoms with Gasteiger partial charge in [0.1, 0.15) is 12.1 Å². The summed E-state index contributed by atoms with van der Waals surface area (Å²) in [4.78, 5) is 8.70. The summed E-state index contributed by atoms with van der Waals surface area (Å²) >= 11 is 1.70. The second-order valence-electron chi connectivity index (χ2n) is 4.98. The normalized spacial score (nSPS) is 10.9. The molecular formula is C16H17N3S. The van der Waals surface area contributed by atoms with E-state index in [1.54, 1.807) is 17.7 Å². The van der Waals surface area contributed by atoms with Crippen molar-refractivity contribution >= 4 is 27.4 Å². The maximum atomic E-state index is 4.36. The lowest BCUT2D eigenvalue weighted by Gasteiger charge is -2.07. The Balaban J connectivity index is 1.71.